The lowest BCUT2D eigenvalue weighted by atomic mass is 10.2. The van der Waals surface area contributed by atoms with Gasteiger partial charge in [0.1, 0.15) is 17.4 Å². The Morgan fingerprint density at radius 3 is 2.48 bits per heavy atom. The van der Waals surface area contributed by atoms with Crippen LogP contribution in [0.4, 0.5) is 20.2 Å². The molecule has 0 bridgehead atoms. The molecule has 21 heavy (non-hydrogen) atoms. The zero-order valence-electron chi connectivity index (χ0n) is 11.3. The first kappa shape index (κ1) is 14.8. The molecule has 0 atom stereocenters. The van der Waals surface area contributed by atoms with Gasteiger partial charge in [-0.25, -0.2) is 8.78 Å². The maximum absolute atomic E-state index is 13.0. The first-order valence-corrected chi connectivity index (χ1v) is 6.19. The molecule has 0 heterocycles. The van der Waals surface area contributed by atoms with Crippen LogP contribution >= 0.6 is 0 Å². The fraction of sp³-hybridized carbons (Fsp3) is 0.133. The zero-order valence-corrected chi connectivity index (χ0v) is 11.3. The quantitative estimate of drug-likeness (QED) is 0.852. The number of carbonyl (C=O) groups excluding carboxylic acids is 1. The van der Waals surface area contributed by atoms with E-state index in [-0.39, 0.29) is 12.4 Å². The molecule has 110 valence electrons. The van der Waals surface area contributed by atoms with E-state index in [9.17, 15) is 13.6 Å². The molecule has 0 unspecified atom stereocenters. The SMILES string of the molecule is Cc1ccc(NC(=O)COc2cc(F)cc(F)c2)c(N)c1. The van der Waals surface area contributed by atoms with Gasteiger partial charge in [-0.1, -0.05) is 6.07 Å². The number of nitrogens with two attached hydrogens (primary N) is 1. The number of hydrogen-bond acceptors (Lipinski definition) is 3. The second-order valence-electron chi connectivity index (χ2n) is 4.53. The summed E-state index contributed by atoms with van der Waals surface area (Å²) in [6.07, 6.45) is 0. The maximum Gasteiger partial charge on any atom is 0.262 e. The minimum Gasteiger partial charge on any atom is -0.484 e. The molecule has 0 radical (unpaired) electrons. The molecule has 3 N–H and O–H groups in total. The molecule has 2 rings (SSSR count). The van der Waals surface area contributed by atoms with Gasteiger partial charge in [0, 0.05) is 18.2 Å². The van der Waals surface area contributed by atoms with Gasteiger partial charge >= 0.3 is 0 Å². The van der Waals surface area contributed by atoms with Crippen molar-refractivity contribution in [1.82, 2.24) is 0 Å². The van der Waals surface area contributed by atoms with E-state index in [4.69, 9.17) is 10.5 Å². The summed E-state index contributed by atoms with van der Waals surface area (Å²) in [5.74, 6) is -2.07. The van der Waals surface area contributed by atoms with Gasteiger partial charge in [0.25, 0.3) is 5.91 Å². The van der Waals surface area contributed by atoms with Crippen LogP contribution in [0.15, 0.2) is 36.4 Å². The monoisotopic (exact) mass is 292 g/mol. The average molecular weight is 292 g/mol. The molecule has 0 aliphatic carbocycles. The van der Waals surface area contributed by atoms with Gasteiger partial charge in [-0.2, -0.15) is 0 Å². The number of amides is 1. The van der Waals surface area contributed by atoms with Crippen LogP contribution in [0, 0.1) is 18.6 Å². The lowest BCUT2D eigenvalue weighted by Crippen LogP contribution is -2.20. The number of anilines is 2. The van der Waals surface area contributed by atoms with Crippen LogP contribution in [0.1, 0.15) is 5.56 Å². The fourth-order valence-electron chi connectivity index (χ4n) is 1.74. The van der Waals surface area contributed by atoms with Gasteiger partial charge in [0.15, 0.2) is 6.61 Å². The second-order valence-corrected chi connectivity index (χ2v) is 4.53. The van der Waals surface area contributed by atoms with Crippen LogP contribution in [0.25, 0.3) is 0 Å². The lowest BCUT2D eigenvalue weighted by Gasteiger charge is -2.10. The minimum atomic E-state index is -0.770. The Hall–Kier alpha value is -2.63. The smallest absolute Gasteiger partial charge is 0.262 e. The average Bonchev–Trinajstić information content (AvgIpc) is 2.39. The van der Waals surface area contributed by atoms with Crippen molar-refractivity contribution in [1.29, 1.82) is 0 Å². The summed E-state index contributed by atoms with van der Waals surface area (Å²) in [5, 5.41) is 2.56. The highest BCUT2D eigenvalue weighted by Gasteiger charge is 2.08. The Morgan fingerprint density at radius 2 is 1.86 bits per heavy atom. The first-order valence-electron chi connectivity index (χ1n) is 6.19. The summed E-state index contributed by atoms with van der Waals surface area (Å²) in [6.45, 7) is 1.50. The molecular formula is C15H14F2N2O2. The maximum atomic E-state index is 13.0. The predicted octanol–water partition coefficient (Wildman–Crippen LogP) is 2.87. The number of halogens is 2. The Labute approximate surface area is 120 Å². The number of hydrogen-bond donors (Lipinski definition) is 2. The second kappa shape index (κ2) is 6.21. The standard InChI is InChI=1S/C15H14F2N2O2/c1-9-2-3-14(13(18)4-9)19-15(20)8-21-12-6-10(16)5-11(17)7-12/h2-7H,8,18H2,1H3,(H,19,20). The normalized spacial score (nSPS) is 10.2. The van der Waals surface area contributed by atoms with Crippen LogP contribution in [-0.2, 0) is 4.79 Å². The number of rotatable bonds is 4. The van der Waals surface area contributed by atoms with Gasteiger partial charge in [-0.05, 0) is 24.6 Å². The number of nitrogen functional groups attached to an aromatic ring is 1. The molecule has 0 fully saturated rings. The summed E-state index contributed by atoms with van der Waals surface area (Å²) in [6, 6.07) is 7.91. The van der Waals surface area contributed by atoms with E-state index in [1.165, 1.54) is 0 Å². The highest BCUT2D eigenvalue weighted by atomic mass is 19.1. The summed E-state index contributed by atoms with van der Waals surface area (Å²) in [7, 11) is 0. The first-order chi connectivity index (χ1) is 9.94. The van der Waals surface area contributed by atoms with Crippen LogP contribution in [0.5, 0.6) is 5.75 Å². The third-order valence-electron chi connectivity index (χ3n) is 2.69. The Balaban J connectivity index is 1.95. The Kier molecular flexibility index (Phi) is 4.37. The van der Waals surface area contributed by atoms with Crippen molar-refractivity contribution in [3.05, 3.63) is 53.6 Å². The molecule has 6 heteroatoms. The van der Waals surface area contributed by atoms with Crippen molar-refractivity contribution in [3.63, 3.8) is 0 Å². The van der Waals surface area contributed by atoms with Crippen molar-refractivity contribution in [3.8, 4) is 5.75 Å². The van der Waals surface area contributed by atoms with E-state index >= 15 is 0 Å². The molecule has 0 saturated heterocycles. The molecule has 0 aliphatic rings. The van der Waals surface area contributed by atoms with Crippen LogP contribution < -0.4 is 15.8 Å². The third kappa shape index (κ3) is 4.17. The van der Waals surface area contributed by atoms with Crippen molar-refractivity contribution < 1.29 is 18.3 Å². The van der Waals surface area contributed by atoms with E-state index in [1.807, 2.05) is 6.92 Å². The summed E-state index contributed by atoms with van der Waals surface area (Å²) in [5.41, 5.74) is 7.62. The molecule has 0 saturated carbocycles. The van der Waals surface area contributed by atoms with Gasteiger partial charge in [0.2, 0.25) is 0 Å². The molecule has 0 aliphatic heterocycles. The lowest BCUT2D eigenvalue weighted by molar-refractivity contribution is -0.118. The number of benzene rings is 2. The number of ether oxygens (including phenoxy) is 1. The zero-order chi connectivity index (χ0) is 15.4. The number of nitrogens with one attached hydrogen (secondary N) is 1. The molecule has 0 spiro atoms. The van der Waals surface area contributed by atoms with Crippen LogP contribution in [-0.4, -0.2) is 12.5 Å². The van der Waals surface area contributed by atoms with Gasteiger partial charge < -0.3 is 15.8 Å². The molecule has 0 aromatic heterocycles. The molecule has 1 amide bonds. The molecule has 4 nitrogen and oxygen atoms in total. The minimum absolute atomic E-state index is 0.0560. The summed E-state index contributed by atoms with van der Waals surface area (Å²) in [4.78, 5) is 11.7. The van der Waals surface area contributed by atoms with E-state index in [1.54, 1.807) is 18.2 Å². The molecule has 2 aromatic carbocycles. The van der Waals surface area contributed by atoms with Crippen molar-refractivity contribution >= 4 is 17.3 Å². The number of carbonyl (C=O) groups is 1. The van der Waals surface area contributed by atoms with E-state index in [2.05, 4.69) is 5.32 Å². The summed E-state index contributed by atoms with van der Waals surface area (Å²) >= 11 is 0. The third-order valence-corrected chi connectivity index (χ3v) is 2.69. The van der Waals surface area contributed by atoms with Gasteiger partial charge in [0.05, 0.1) is 11.4 Å². The van der Waals surface area contributed by atoms with Gasteiger partial charge in [-0.15, -0.1) is 0 Å². The van der Waals surface area contributed by atoms with Gasteiger partial charge in [-0.3, -0.25) is 4.79 Å². The fourth-order valence-corrected chi connectivity index (χ4v) is 1.74. The van der Waals surface area contributed by atoms with E-state index in [0.29, 0.717) is 11.4 Å². The molecular weight excluding hydrogens is 278 g/mol. The number of aryl methyl sites for hydroxylation is 1. The predicted molar refractivity (Wildman–Crippen MR) is 76.1 cm³/mol. The van der Waals surface area contributed by atoms with Crippen molar-refractivity contribution in [2.75, 3.05) is 17.7 Å². The highest BCUT2D eigenvalue weighted by Crippen LogP contribution is 2.19. The Morgan fingerprint density at radius 1 is 1.19 bits per heavy atom. The van der Waals surface area contributed by atoms with Crippen LogP contribution in [0.3, 0.4) is 0 Å². The molecule has 2 aromatic rings. The largest absolute Gasteiger partial charge is 0.484 e. The van der Waals surface area contributed by atoms with Crippen LogP contribution in [0.2, 0.25) is 0 Å². The van der Waals surface area contributed by atoms with E-state index in [0.717, 1.165) is 23.8 Å². The summed E-state index contributed by atoms with van der Waals surface area (Å²) < 4.78 is 30.9. The van der Waals surface area contributed by atoms with E-state index < -0.39 is 17.5 Å². The highest BCUT2D eigenvalue weighted by molar-refractivity contribution is 5.94. The topological polar surface area (TPSA) is 64.3 Å². The van der Waals surface area contributed by atoms with Crippen molar-refractivity contribution in [2.24, 2.45) is 0 Å². The Bertz CT molecular complexity index is 654. The van der Waals surface area contributed by atoms with Crippen molar-refractivity contribution in [2.45, 2.75) is 6.92 Å².